The number of carbonyl (C=O) groups excluding carboxylic acids is 1. The van der Waals surface area contributed by atoms with Crippen molar-refractivity contribution in [1.29, 1.82) is 0 Å². The van der Waals surface area contributed by atoms with E-state index in [0.717, 1.165) is 71.0 Å². The van der Waals surface area contributed by atoms with Gasteiger partial charge in [0.2, 0.25) is 5.91 Å². The molecule has 0 N–H and O–H groups in total. The highest BCUT2D eigenvalue weighted by Crippen LogP contribution is 2.30. The van der Waals surface area contributed by atoms with Crippen molar-refractivity contribution in [2.45, 2.75) is 19.8 Å². The van der Waals surface area contributed by atoms with Gasteiger partial charge in [0.15, 0.2) is 5.13 Å². The number of anilines is 1. The number of nitrogens with zero attached hydrogens (tertiary/aromatic N) is 3. The van der Waals surface area contributed by atoms with Crippen LogP contribution in [0.5, 0.6) is 0 Å². The van der Waals surface area contributed by atoms with Crippen LogP contribution in [-0.4, -0.2) is 55.2 Å². The molecule has 33 heavy (non-hydrogen) atoms. The molecule has 6 heteroatoms. The Balaban J connectivity index is 1.39. The first-order valence-corrected chi connectivity index (χ1v) is 12.4. The molecule has 0 unspecified atom stereocenters. The zero-order chi connectivity index (χ0) is 22.6. The molecule has 1 amide bonds. The second kappa shape index (κ2) is 10.00. The Kier molecular flexibility index (Phi) is 6.67. The summed E-state index contributed by atoms with van der Waals surface area (Å²) in [7, 11) is 0. The summed E-state index contributed by atoms with van der Waals surface area (Å²) in [6.07, 6.45) is 1.28. The second-order valence-electron chi connectivity index (χ2n) is 8.64. The molecule has 4 aromatic rings. The van der Waals surface area contributed by atoms with E-state index in [1.165, 1.54) is 5.56 Å². The van der Waals surface area contributed by atoms with Gasteiger partial charge in [-0.15, -0.1) is 0 Å². The van der Waals surface area contributed by atoms with E-state index in [-0.39, 0.29) is 5.91 Å². The van der Waals surface area contributed by atoms with Crippen molar-refractivity contribution >= 4 is 43.4 Å². The highest BCUT2D eigenvalue weighted by atomic mass is 32.1. The molecule has 1 aliphatic rings. The third-order valence-corrected chi connectivity index (χ3v) is 7.29. The van der Waals surface area contributed by atoms with Crippen LogP contribution in [0, 0.1) is 6.92 Å². The van der Waals surface area contributed by atoms with Crippen LogP contribution in [0.2, 0.25) is 0 Å². The molecule has 170 valence electrons. The number of aromatic nitrogens is 1. The fraction of sp³-hybridized carbons (Fsp3) is 0.333. The molecule has 0 spiro atoms. The molecule has 0 aliphatic carbocycles. The SMILES string of the molecule is Cc1ccc2nc(N(CCCN3CCOCC3)C(=O)Cc3cccc4ccccc34)sc2c1. The lowest BCUT2D eigenvalue weighted by molar-refractivity contribution is -0.118. The maximum Gasteiger partial charge on any atom is 0.233 e. The molecule has 1 aliphatic heterocycles. The smallest absolute Gasteiger partial charge is 0.233 e. The van der Waals surface area contributed by atoms with Crippen molar-refractivity contribution in [3.8, 4) is 0 Å². The molecule has 0 saturated carbocycles. The number of rotatable bonds is 7. The molecule has 5 rings (SSSR count). The summed E-state index contributed by atoms with van der Waals surface area (Å²) in [6.45, 7) is 7.23. The number of hydrogen-bond acceptors (Lipinski definition) is 5. The van der Waals surface area contributed by atoms with Crippen molar-refractivity contribution in [3.05, 3.63) is 71.8 Å². The minimum Gasteiger partial charge on any atom is -0.379 e. The Morgan fingerprint density at radius 2 is 1.91 bits per heavy atom. The lowest BCUT2D eigenvalue weighted by Crippen LogP contribution is -2.39. The first kappa shape index (κ1) is 22.0. The largest absolute Gasteiger partial charge is 0.379 e. The van der Waals surface area contributed by atoms with Gasteiger partial charge in [-0.05, 0) is 47.4 Å². The maximum atomic E-state index is 13.6. The van der Waals surface area contributed by atoms with Crippen molar-refractivity contribution in [1.82, 2.24) is 9.88 Å². The quantitative estimate of drug-likeness (QED) is 0.388. The Morgan fingerprint density at radius 3 is 2.79 bits per heavy atom. The van der Waals surface area contributed by atoms with Crippen LogP contribution in [0.25, 0.3) is 21.0 Å². The van der Waals surface area contributed by atoms with E-state index in [0.29, 0.717) is 13.0 Å². The van der Waals surface area contributed by atoms with Crippen LogP contribution < -0.4 is 4.90 Å². The summed E-state index contributed by atoms with van der Waals surface area (Å²) in [5.41, 5.74) is 3.23. The normalized spacial score (nSPS) is 14.7. The Bertz CT molecular complexity index is 1260. The molecule has 1 saturated heterocycles. The predicted molar refractivity (Wildman–Crippen MR) is 136 cm³/mol. The third-order valence-electron chi connectivity index (χ3n) is 6.25. The van der Waals surface area contributed by atoms with Gasteiger partial charge in [-0.25, -0.2) is 4.98 Å². The number of carbonyl (C=O) groups is 1. The summed E-state index contributed by atoms with van der Waals surface area (Å²) >= 11 is 1.61. The third kappa shape index (κ3) is 5.08. The van der Waals surface area contributed by atoms with E-state index in [4.69, 9.17) is 9.72 Å². The van der Waals surface area contributed by atoms with Gasteiger partial charge in [0.05, 0.1) is 29.9 Å². The van der Waals surface area contributed by atoms with Crippen LogP contribution in [0.1, 0.15) is 17.5 Å². The highest BCUT2D eigenvalue weighted by Gasteiger charge is 2.21. The van der Waals surface area contributed by atoms with E-state index in [2.05, 4.69) is 48.2 Å². The summed E-state index contributed by atoms with van der Waals surface area (Å²) in [6, 6.07) is 20.7. The molecular formula is C27H29N3O2S. The second-order valence-corrected chi connectivity index (χ2v) is 9.64. The van der Waals surface area contributed by atoms with Crippen LogP contribution >= 0.6 is 11.3 Å². The summed E-state index contributed by atoms with van der Waals surface area (Å²) < 4.78 is 6.59. The van der Waals surface area contributed by atoms with Crippen LogP contribution in [-0.2, 0) is 16.0 Å². The Morgan fingerprint density at radius 1 is 1.09 bits per heavy atom. The lowest BCUT2D eigenvalue weighted by Gasteiger charge is -2.27. The Hall–Kier alpha value is -2.80. The zero-order valence-electron chi connectivity index (χ0n) is 19.0. The van der Waals surface area contributed by atoms with Gasteiger partial charge in [-0.3, -0.25) is 14.6 Å². The fourth-order valence-electron chi connectivity index (χ4n) is 4.44. The predicted octanol–water partition coefficient (Wildman–Crippen LogP) is 5.06. The number of ether oxygens (including phenoxy) is 1. The Labute approximate surface area is 198 Å². The fourth-order valence-corrected chi connectivity index (χ4v) is 5.55. The van der Waals surface area contributed by atoms with Gasteiger partial charge in [-0.1, -0.05) is 59.9 Å². The van der Waals surface area contributed by atoms with Gasteiger partial charge >= 0.3 is 0 Å². The minimum absolute atomic E-state index is 0.101. The van der Waals surface area contributed by atoms with Crippen molar-refractivity contribution in [2.75, 3.05) is 44.3 Å². The zero-order valence-corrected chi connectivity index (χ0v) is 19.8. The van der Waals surface area contributed by atoms with Crippen molar-refractivity contribution < 1.29 is 9.53 Å². The van der Waals surface area contributed by atoms with Gasteiger partial charge in [0, 0.05) is 26.2 Å². The molecule has 0 atom stereocenters. The molecule has 1 fully saturated rings. The topological polar surface area (TPSA) is 45.7 Å². The van der Waals surface area contributed by atoms with E-state index >= 15 is 0 Å². The molecule has 0 radical (unpaired) electrons. The van der Waals surface area contributed by atoms with Gasteiger partial charge in [-0.2, -0.15) is 0 Å². The molecule has 1 aromatic heterocycles. The van der Waals surface area contributed by atoms with Crippen LogP contribution in [0.15, 0.2) is 60.7 Å². The van der Waals surface area contributed by atoms with E-state index < -0.39 is 0 Å². The molecule has 2 heterocycles. The number of benzene rings is 3. The number of morpholine rings is 1. The molecule has 5 nitrogen and oxygen atoms in total. The van der Waals surface area contributed by atoms with E-state index in [1.54, 1.807) is 11.3 Å². The highest BCUT2D eigenvalue weighted by molar-refractivity contribution is 7.22. The van der Waals surface area contributed by atoms with Crippen molar-refractivity contribution in [2.24, 2.45) is 0 Å². The molecule has 0 bridgehead atoms. The number of amides is 1. The first-order valence-electron chi connectivity index (χ1n) is 11.6. The maximum absolute atomic E-state index is 13.6. The standard InChI is InChI=1S/C27H29N3O2S/c1-20-10-11-24-25(18-20)33-27(28-24)30(13-5-12-29-14-16-32-17-15-29)26(31)19-22-8-4-7-21-6-2-3-9-23(21)22/h2-4,6-11,18H,5,12-17,19H2,1H3. The number of aryl methyl sites for hydroxylation is 1. The van der Waals surface area contributed by atoms with E-state index in [1.807, 2.05) is 29.2 Å². The van der Waals surface area contributed by atoms with Gasteiger partial charge in [0.25, 0.3) is 0 Å². The summed E-state index contributed by atoms with van der Waals surface area (Å²) in [5.74, 6) is 0.101. The summed E-state index contributed by atoms with van der Waals surface area (Å²) in [4.78, 5) is 22.8. The summed E-state index contributed by atoms with van der Waals surface area (Å²) in [5, 5.41) is 3.10. The van der Waals surface area contributed by atoms with E-state index in [9.17, 15) is 4.79 Å². The van der Waals surface area contributed by atoms with Crippen LogP contribution in [0.3, 0.4) is 0 Å². The van der Waals surface area contributed by atoms with Gasteiger partial charge in [0.1, 0.15) is 0 Å². The number of thiazole rings is 1. The average Bonchev–Trinajstić information content (AvgIpc) is 3.25. The monoisotopic (exact) mass is 459 g/mol. The number of fused-ring (bicyclic) bond motifs is 2. The molecule has 3 aromatic carbocycles. The van der Waals surface area contributed by atoms with Gasteiger partial charge < -0.3 is 4.74 Å². The lowest BCUT2D eigenvalue weighted by atomic mass is 10.0. The van der Waals surface area contributed by atoms with Crippen molar-refractivity contribution in [3.63, 3.8) is 0 Å². The number of hydrogen-bond donors (Lipinski definition) is 0. The average molecular weight is 460 g/mol. The molecular weight excluding hydrogens is 430 g/mol. The first-order chi connectivity index (χ1) is 16.2. The van der Waals surface area contributed by atoms with Crippen LogP contribution in [0.4, 0.5) is 5.13 Å². The minimum atomic E-state index is 0.101.